The predicted octanol–water partition coefficient (Wildman–Crippen LogP) is -1.95. The number of pyridine rings is 1. The van der Waals surface area contributed by atoms with E-state index in [0.29, 0.717) is 0 Å². The summed E-state index contributed by atoms with van der Waals surface area (Å²) >= 11 is 0. The van der Waals surface area contributed by atoms with Crippen LogP contribution in [0.25, 0.3) is 6.08 Å². The molecule has 1 aromatic heterocycles. The third-order valence-corrected chi connectivity index (χ3v) is 1.31. The molecule has 12 heavy (non-hydrogen) atoms. The van der Waals surface area contributed by atoms with Gasteiger partial charge in [0, 0.05) is 17.7 Å². The minimum atomic E-state index is 0. The van der Waals surface area contributed by atoms with Crippen LogP contribution in [0, 0.1) is 11.3 Å². The Kier molecular flexibility index (Phi) is 5.30. The van der Waals surface area contributed by atoms with Gasteiger partial charge in [0.2, 0.25) is 0 Å². The molecule has 0 amide bonds. The van der Waals surface area contributed by atoms with Gasteiger partial charge >= 0.3 is 0 Å². The maximum atomic E-state index is 8.25. The van der Waals surface area contributed by atoms with Gasteiger partial charge in [-0.05, 0) is 12.1 Å². The van der Waals surface area contributed by atoms with Gasteiger partial charge in [-0.25, -0.2) is 4.57 Å². The topological polar surface area (TPSA) is 27.7 Å². The molecule has 0 fully saturated rings. The standard InChI is InChI=1S/C9H9N2.HI/c1-11-7-3-5-9(8-11)4-2-6-10;/h2-5,7-8H,1H3;1H/q+1;/p-1. The van der Waals surface area contributed by atoms with Crippen molar-refractivity contribution in [3.63, 3.8) is 0 Å². The van der Waals surface area contributed by atoms with Gasteiger partial charge in [0.1, 0.15) is 7.05 Å². The van der Waals surface area contributed by atoms with E-state index in [-0.39, 0.29) is 24.0 Å². The predicted molar refractivity (Wildman–Crippen MR) is 42.3 cm³/mol. The third kappa shape index (κ3) is 3.49. The Balaban J connectivity index is 0.00000121. The highest BCUT2D eigenvalue weighted by molar-refractivity contribution is 5.49. The van der Waals surface area contributed by atoms with Crippen molar-refractivity contribution >= 4 is 6.08 Å². The van der Waals surface area contributed by atoms with Gasteiger partial charge in [-0.15, -0.1) is 0 Å². The Labute approximate surface area is 89.2 Å². The lowest BCUT2D eigenvalue weighted by Gasteiger charge is -1.87. The van der Waals surface area contributed by atoms with Crippen LogP contribution in [0.5, 0.6) is 0 Å². The molecule has 0 N–H and O–H groups in total. The summed E-state index contributed by atoms with van der Waals surface area (Å²) in [5.41, 5.74) is 1.04. The molecule has 3 heteroatoms. The third-order valence-electron chi connectivity index (χ3n) is 1.31. The SMILES string of the molecule is C[n+]1cccc(C=CC#N)c1.[I-]. The Hall–Kier alpha value is -0.890. The molecular formula is C9H9IN2. The Morgan fingerprint density at radius 2 is 2.33 bits per heavy atom. The first kappa shape index (κ1) is 11.1. The number of hydrogen-bond donors (Lipinski definition) is 0. The molecule has 0 aliphatic carbocycles. The molecule has 2 nitrogen and oxygen atoms in total. The zero-order valence-electron chi connectivity index (χ0n) is 6.74. The molecule has 0 aliphatic rings. The number of halogens is 1. The van der Waals surface area contributed by atoms with Crippen LogP contribution in [0.4, 0.5) is 0 Å². The lowest BCUT2D eigenvalue weighted by Crippen LogP contribution is -3.00. The highest BCUT2D eigenvalue weighted by Crippen LogP contribution is 1.95. The van der Waals surface area contributed by atoms with Crippen LogP contribution in [0.15, 0.2) is 30.6 Å². The number of hydrogen-bond acceptors (Lipinski definition) is 1. The smallest absolute Gasteiger partial charge is 0.175 e. The largest absolute Gasteiger partial charge is 1.00 e. The number of allylic oxidation sites excluding steroid dienone is 1. The van der Waals surface area contributed by atoms with E-state index < -0.39 is 0 Å². The average Bonchev–Trinajstić information content (AvgIpc) is 2.01. The van der Waals surface area contributed by atoms with E-state index in [1.165, 1.54) is 6.08 Å². The summed E-state index contributed by atoms with van der Waals surface area (Å²) in [5, 5.41) is 8.25. The van der Waals surface area contributed by atoms with Crippen molar-refractivity contribution < 1.29 is 28.5 Å². The van der Waals surface area contributed by atoms with Gasteiger partial charge in [-0.3, -0.25) is 0 Å². The molecule has 1 rings (SSSR count). The number of aryl methyl sites for hydroxylation is 1. The Morgan fingerprint density at radius 1 is 1.58 bits per heavy atom. The fourth-order valence-electron chi connectivity index (χ4n) is 0.843. The number of nitrogens with zero attached hydrogens (tertiary/aromatic N) is 2. The second-order valence-electron chi connectivity index (χ2n) is 2.27. The quantitative estimate of drug-likeness (QED) is 0.332. The summed E-state index contributed by atoms with van der Waals surface area (Å²) < 4.78 is 1.94. The van der Waals surface area contributed by atoms with E-state index in [0.717, 1.165) is 5.56 Å². The number of aromatic nitrogens is 1. The van der Waals surface area contributed by atoms with Crippen molar-refractivity contribution in [2.75, 3.05) is 0 Å². The molecule has 1 aromatic rings. The van der Waals surface area contributed by atoms with Crippen molar-refractivity contribution in [1.29, 1.82) is 5.26 Å². The first-order chi connectivity index (χ1) is 5.33. The van der Waals surface area contributed by atoms with Crippen molar-refractivity contribution in [2.45, 2.75) is 0 Å². The average molecular weight is 272 g/mol. The van der Waals surface area contributed by atoms with Crippen LogP contribution < -0.4 is 28.5 Å². The summed E-state index contributed by atoms with van der Waals surface area (Å²) in [7, 11) is 1.95. The fourth-order valence-corrected chi connectivity index (χ4v) is 0.843. The number of rotatable bonds is 1. The summed E-state index contributed by atoms with van der Waals surface area (Å²) in [4.78, 5) is 0. The lowest BCUT2D eigenvalue weighted by atomic mass is 10.2. The van der Waals surface area contributed by atoms with Crippen molar-refractivity contribution in [2.24, 2.45) is 7.05 Å². The zero-order chi connectivity index (χ0) is 8.10. The second-order valence-corrected chi connectivity index (χ2v) is 2.27. The fraction of sp³-hybridized carbons (Fsp3) is 0.111. The molecular weight excluding hydrogens is 263 g/mol. The van der Waals surface area contributed by atoms with E-state index in [1.54, 1.807) is 6.08 Å². The van der Waals surface area contributed by atoms with Crippen LogP contribution in [0.3, 0.4) is 0 Å². The summed E-state index contributed by atoms with van der Waals surface area (Å²) in [5.74, 6) is 0. The van der Waals surface area contributed by atoms with Crippen LogP contribution in [-0.2, 0) is 7.05 Å². The minimum absolute atomic E-state index is 0. The zero-order valence-corrected chi connectivity index (χ0v) is 8.89. The van der Waals surface area contributed by atoms with E-state index >= 15 is 0 Å². The molecule has 0 saturated heterocycles. The van der Waals surface area contributed by atoms with Gasteiger partial charge in [-0.2, -0.15) is 5.26 Å². The summed E-state index contributed by atoms with van der Waals surface area (Å²) in [6.07, 6.45) is 7.15. The van der Waals surface area contributed by atoms with Crippen molar-refractivity contribution in [3.8, 4) is 6.07 Å². The van der Waals surface area contributed by atoms with E-state index in [1.807, 2.05) is 42.2 Å². The Morgan fingerprint density at radius 3 is 2.92 bits per heavy atom. The van der Waals surface area contributed by atoms with Gasteiger partial charge in [-0.1, -0.05) is 0 Å². The summed E-state index contributed by atoms with van der Waals surface area (Å²) in [6, 6.07) is 5.84. The van der Waals surface area contributed by atoms with E-state index in [9.17, 15) is 0 Å². The van der Waals surface area contributed by atoms with Crippen molar-refractivity contribution in [3.05, 3.63) is 36.2 Å². The van der Waals surface area contributed by atoms with Gasteiger partial charge in [0.25, 0.3) is 0 Å². The molecule has 0 saturated carbocycles. The van der Waals surface area contributed by atoms with E-state index in [4.69, 9.17) is 5.26 Å². The van der Waals surface area contributed by atoms with Crippen molar-refractivity contribution in [1.82, 2.24) is 0 Å². The van der Waals surface area contributed by atoms with E-state index in [2.05, 4.69) is 0 Å². The van der Waals surface area contributed by atoms with Crippen LogP contribution in [0.1, 0.15) is 5.56 Å². The minimum Gasteiger partial charge on any atom is -1.00 e. The molecule has 0 spiro atoms. The molecule has 62 valence electrons. The van der Waals surface area contributed by atoms with Crippen LogP contribution in [-0.4, -0.2) is 0 Å². The first-order valence-corrected chi connectivity index (χ1v) is 3.34. The maximum absolute atomic E-state index is 8.25. The summed E-state index contributed by atoms with van der Waals surface area (Å²) in [6.45, 7) is 0. The van der Waals surface area contributed by atoms with Crippen LogP contribution >= 0.6 is 0 Å². The van der Waals surface area contributed by atoms with Gasteiger partial charge in [0.05, 0.1) is 6.07 Å². The maximum Gasteiger partial charge on any atom is 0.175 e. The van der Waals surface area contributed by atoms with Crippen LogP contribution in [0.2, 0.25) is 0 Å². The molecule has 0 aliphatic heterocycles. The van der Waals surface area contributed by atoms with Gasteiger partial charge in [0.15, 0.2) is 12.4 Å². The molecule has 0 radical (unpaired) electrons. The Bertz CT molecular complexity index is 313. The highest BCUT2D eigenvalue weighted by Gasteiger charge is 1.91. The normalized spacial score (nSPS) is 9.00. The second kappa shape index (κ2) is 5.72. The lowest BCUT2D eigenvalue weighted by molar-refractivity contribution is -0.671. The van der Waals surface area contributed by atoms with Gasteiger partial charge < -0.3 is 24.0 Å². The molecule has 0 aromatic carbocycles. The molecule has 0 bridgehead atoms. The molecule has 0 unspecified atom stereocenters. The number of nitriles is 1. The highest BCUT2D eigenvalue weighted by atomic mass is 127. The monoisotopic (exact) mass is 272 g/mol. The molecule has 1 heterocycles. The molecule has 0 atom stereocenters. The first-order valence-electron chi connectivity index (χ1n) is 3.34.